The van der Waals surface area contributed by atoms with Gasteiger partial charge in [0.05, 0.1) is 5.92 Å². The number of hydrogen-bond donors (Lipinski definition) is 1. The summed E-state index contributed by atoms with van der Waals surface area (Å²) in [5.41, 5.74) is 3.01. The minimum Gasteiger partial charge on any atom is -0.353 e. The zero-order valence-electron chi connectivity index (χ0n) is 17.7. The third-order valence-corrected chi connectivity index (χ3v) is 7.27. The fourth-order valence-electron chi connectivity index (χ4n) is 5.32. The molecule has 2 aromatic rings. The van der Waals surface area contributed by atoms with Gasteiger partial charge in [0.1, 0.15) is 18.0 Å². The number of halogens is 2. The number of anilines is 1. The number of carbonyl (C=O) groups is 1. The molecule has 164 valence electrons. The van der Waals surface area contributed by atoms with Crippen molar-refractivity contribution < 1.29 is 9.18 Å². The Balaban J connectivity index is 1.28. The van der Waals surface area contributed by atoms with Crippen molar-refractivity contribution in [3.05, 3.63) is 52.2 Å². The fourth-order valence-corrected chi connectivity index (χ4v) is 5.47. The number of rotatable bonds is 3. The summed E-state index contributed by atoms with van der Waals surface area (Å²) in [7, 11) is 0. The molecule has 1 unspecified atom stereocenters. The Labute approximate surface area is 186 Å². The average Bonchev–Trinajstić information content (AvgIpc) is 3.41. The average molecular weight is 444 g/mol. The predicted octanol–water partition coefficient (Wildman–Crippen LogP) is 2.97. The number of aryl methyl sites for hydroxylation is 1. The Morgan fingerprint density at radius 3 is 2.77 bits per heavy atom. The molecule has 1 aliphatic carbocycles. The molecule has 1 aromatic heterocycles. The van der Waals surface area contributed by atoms with Crippen LogP contribution in [0.1, 0.15) is 42.0 Å². The van der Waals surface area contributed by atoms with Crippen LogP contribution in [0.3, 0.4) is 0 Å². The van der Waals surface area contributed by atoms with Crippen LogP contribution < -0.4 is 10.2 Å². The van der Waals surface area contributed by atoms with Crippen molar-refractivity contribution in [3.8, 4) is 0 Å². The monoisotopic (exact) mass is 443 g/mol. The number of carbonyl (C=O) groups excluding carboxylic acids is 1. The van der Waals surface area contributed by atoms with Crippen LogP contribution in [0.25, 0.3) is 0 Å². The second kappa shape index (κ2) is 8.36. The van der Waals surface area contributed by atoms with Gasteiger partial charge in [-0.2, -0.15) is 0 Å². The Morgan fingerprint density at radius 2 is 2.00 bits per heavy atom. The number of benzene rings is 1. The van der Waals surface area contributed by atoms with Crippen molar-refractivity contribution in [2.75, 3.05) is 44.2 Å². The fraction of sp³-hybridized carbons (Fsp3) is 0.522. The van der Waals surface area contributed by atoms with E-state index in [-0.39, 0.29) is 23.6 Å². The first kappa shape index (κ1) is 20.6. The topological polar surface area (TPSA) is 61.4 Å². The van der Waals surface area contributed by atoms with Gasteiger partial charge in [-0.05, 0) is 36.5 Å². The lowest BCUT2D eigenvalue weighted by molar-refractivity contribution is -0.135. The van der Waals surface area contributed by atoms with Crippen LogP contribution in [-0.2, 0) is 11.2 Å². The second-order valence-corrected chi connectivity index (χ2v) is 9.28. The molecule has 0 bridgehead atoms. The van der Waals surface area contributed by atoms with Crippen molar-refractivity contribution in [2.24, 2.45) is 5.92 Å². The van der Waals surface area contributed by atoms with E-state index >= 15 is 0 Å². The molecular weight excluding hydrogens is 417 g/mol. The van der Waals surface area contributed by atoms with Crippen LogP contribution in [0.15, 0.2) is 24.5 Å². The minimum atomic E-state index is -0.337. The molecular formula is C23H27ClFN5O. The van der Waals surface area contributed by atoms with Gasteiger partial charge in [0.25, 0.3) is 0 Å². The summed E-state index contributed by atoms with van der Waals surface area (Å²) in [6, 6.07) is 4.74. The molecule has 1 aromatic carbocycles. The molecule has 2 saturated heterocycles. The molecule has 3 heterocycles. The highest BCUT2D eigenvalue weighted by molar-refractivity contribution is 6.30. The van der Waals surface area contributed by atoms with Gasteiger partial charge >= 0.3 is 0 Å². The molecule has 1 N–H and O–H groups in total. The first-order valence-electron chi connectivity index (χ1n) is 11.1. The van der Waals surface area contributed by atoms with E-state index in [2.05, 4.69) is 27.1 Å². The summed E-state index contributed by atoms with van der Waals surface area (Å²) in [6.45, 7) is 6.21. The molecule has 0 radical (unpaired) electrons. The van der Waals surface area contributed by atoms with Crippen molar-refractivity contribution in [1.29, 1.82) is 0 Å². The summed E-state index contributed by atoms with van der Waals surface area (Å²) in [6.07, 6.45) is 3.80. The van der Waals surface area contributed by atoms with Crippen LogP contribution in [0.4, 0.5) is 10.2 Å². The van der Waals surface area contributed by atoms with E-state index in [9.17, 15) is 9.18 Å². The molecule has 8 heteroatoms. The minimum absolute atomic E-state index is 0.102. The van der Waals surface area contributed by atoms with Gasteiger partial charge in [-0.3, -0.25) is 4.79 Å². The molecule has 31 heavy (non-hydrogen) atoms. The van der Waals surface area contributed by atoms with Gasteiger partial charge < -0.3 is 15.1 Å². The highest BCUT2D eigenvalue weighted by Crippen LogP contribution is 2.37. The lowest BCUT2D eigenvalue weighted by Gasteiger charge is -2.38. The standard InChI is InChI=1S/C23H27ClFN5O/c1-14-2-5-20-21(14)22(28-13-27-20)29-6-8-30(9-7-29)23(31)18-12-26-11-17(18)16-4-3-15(24)10-19(16)25/h3-4,10,13-14,17-18,26H,2,5-9,11-12H2,1H3/t14?,17-,18+/m0/s1. The molecule has 2 fully saturated rings. The summed E-state index contributed by atoms with van der Waals surface area (Å²) in [4.78, 5) is 26.6. The summed E-state index contributed by atoms with van der Waals surface area (Å²) in [5, 5.41) is 3.65. The largest absolute Gasteiger partial charge is 0.353 e. The molecule has 5 rings (SSSR count). The molecule has 3 aliphatic rings. The van der Waals surface area contributed by atoms with E-state index in [1.807, 2.05) is 4.90 Å². The quantitative estimate of drug-likeness (QED) is 0.790. The number of piperazine rings is 1. The summed E-state index contributed by atoms with van der Waals surface area (Å²) < 4.78 is 14.5. The maximum atomic E-state index is 14.5. The van der Waals surface area contributed by atoms with Crippen molar-refractivity contribution in [2.45, 2.75) is 31.6 Å². The SMILES string of the molecule is CC1CCc2ncnc(N3CCN(C(=O)[C@@H]4CNC[C@H]4c4ccc(Cl)cc4F)CC3)c21. The number of nitrogens with zero attached hydrogens (tertiary/aromatic N) is 4. The lowest BCUT2D eigenvalue weighted by Crippen LogP contribution is -2.51. The molecule has 3 atom stereocenters. The van der Waals surface area contributed by atoms with Crippen LogP contribution in [0.2, 0.25) is 5.02 Å². The Morgan fingerprint density at radius 1 is 1.19 bits per heavy atom. The molecule has 2 aliphatic heterocycles. The molecule has 1 amide bonds. The number of hydrogen-bond acceptors (Lipinski definition) is 5. The highest BCUT2D eigenvalue weighted by Gasteiger charge is 2.39. The van der Waals surface area contributed by atoms with Gasteiger partial charge in [0.2, 0.25) is 5.91 Å². The summed E-state index contributed by atoms with van der Waals surface area (Å²) >= 11 is 5.91. The van der Waals surface area contributed by atoms with E-state index in [0.717, 1.165) is 31.7 Å². The van der Waals surface area contributed by atoms with E-state index in [0.29, 0.717) is 42.7 Å². The first-order chi connectivity index (χ1) is 15.0. The van der Waals surface area contributed by atoms with Crippen LogP contribution in [0, 0.1) is 11.7 Å². The maximum Gasteiger partial charge on any atom is 0.227 e. The molecule has 0 spiro atoms. The third-order valence-electron chi connectivity index (χ3n) is 7.04. The van der Waals surface area contributed by atoms with Crippen LogP contribution >= 0.6 is 11.6 Å². The number of aromatic nitrogens is 2. The van der Waals surface area contributed by atoms with E-state index in [1.54, 1.807) is 18.5 Å². The second-order valence-electron chi connectivity index (χ2n) is 8.85. The Bertz CT molecular complexity index is 994. The van der Waals surface area contributed by atoms with E-state index in [1.165, 1.54) is 17.3 Å². The normalized spacial score (nSPS) is 25.7. The van der Waals surface area contributed by atoms with E-state index in [4.69, 9.17) is 11.6 Å². The lowest BCUT2D eigenvalue weighted by atomic mass is 9.87. The van der Waals surface area contributed by atoms with Gasteiger partial charge in [-0.25, -0.2) is 14.4 Å². The predicted molar refractivity (Wildman–Crippen MR) is 118 cm³/mol. The Hall–Kier alpha value is -2.25. The number of fused-ring (bicyclic) bond motifs is 1. The zero-order chi connectivity index (χ0) is 21.5. The third kappa shape index (κ3) is 3.78. The highest BCUT2D eigenvalue weighted by atomic mass is 35.5. The van der Waals surface area contributed by atoms with E-state index < -0.39 is 0 Å². The maximum absolute atomic E-state index is 14.5. The smallest absolute Gasteiger partial charge is 0.227 e. The van der Waals surface area contributed by atoms with Crippen molar-refractivity contribution in [1.82, 2.24) is 20.2 Å². The number of amides is 1. The van der Waals surface area contributed by atoms with Crippen molar-refractivity contribution in [3.63, 3.8) is 0 Å². The summed E-state index contributed by atoms with van der Waals surface area (Å²) in [5.74, 6) is 0.844. The Kier molecular flexibility index (Phi) is 5.56. The van der Waals surface area contributed by atoms with Crippen LogP contribution in [0.5, 0.6) is 0 Å². The van der Waals surface area contributed by atoms with Gasteiger partial charge in [0, 0.05) is 61.5 Å². The zero-order valence-corrected chi connectivity index (χ0v) is 18.4. The molecule has 0 saturated carbocycles. The van der Waals surface area contributed by atoms with Crippen molar-refractivity contribution >= 4 is 23.3 Å². The van der Waals surface area contributed by atoms with Gasteiger partial charge in [-0.1, -0.05) is 24.6 Å². The van der Waals surface area contributed by atoms with Gasteiger partial charge in [-0.15, -0.1) is 0 Å². The van der Waals surface area contributed by atoms with Crippen LogP contribution in [-0.4, -0.2) is 60.0 Å². The first-order valence-corrected chi connectivity index (χ1v) is 11.4. The van der Waals surface area contributed by atoms with Gasteiger partial charge in [0.15, 0.2) is 0 Å². The molecule has 6 nitrogen and oxygen atoms in total. The number of nitrogens with one attached hydrogen (secondary N) is 1.